The molecule has 2 saturated carbocycles. The largest absolute Gasteiger partial charge is 0.375 e. The van der Waals surface area contributed by atoms with Crippen molar-refractivity contribution >= 4 is 5.91 Å². The fourth-order valence-corrected chi connectivity index (χ4v) is 7.23. The summed E-state index contributed by atoms with van der Waals surface area (Å²) in [5, 5.41) is 14.4. The molecule has 6 rings (SSSR count). The third-order valence-electron chi connectivity index (χ3n) is 9.44. The minimum atomic E-state index is 0.124. The summed E-state index contributed by atoms with van der Waals surface area (Å²) >= 11 is 0. The number of hydrogen-bond acceptors (Lipinski definition) is 9. The highest BCUT2D eigenvalue weighted by Gasteiger charge is 2.45. The van der Waals surface area contributed by atoms with Crippen LogP contribution in [0.25, 0.3) is 0 Å². The number of nitrogens with zero attached hydrogens (tertiary/aromatic N) is 2. The SMILES string of the molecule is CN1CCNC1C(NC(=O)C1CCCC(NCC2NNC3C4CCNCC4OCCN23)C1)C1CC1. The van der Waals surface area contributed by atoms with Crippen LogP contribution in [-0.4, -0.2) is 105 Å². The first-order valence-electron chi connectivity index (χ1n) is 14.2. The third-order valence-corrected chi connectivity index (χ3v) is 9.44. The van der Waals surface area contributed by atoms with Crippen molar-refractivity contribution in [2.45, 2.75) is 81.6 Å². The Hall–Kier alpha value is -0.850. The van der Waals surface area contributed by atoms with Gasteiger partial charge in [0.2, 0.25) is 5.91 Å². The number of nitrogens with one attached hydrogen (secondary N) is 6. The van der Waals surface area contributed by atoms with Crippen molar-refractivity contribution in [3.05, 3.63) is 0 Å². The predicted octanol–water partition coefficient (Wildman–Crippen LogP) is -1.04. The maximum atomic E-state index is 13.3. The van der Waals surface area contributed by atoms with E-state index in [1.807, 2.05) is 0 Å². The Morgan fingerprint density at radius 1 is 1.11 bits per heavy atom. The van der Waals surface area contributed by atoms with Crippen LogP contribution >= 0.6 is 0 Å². The Balaban J connectivity index is 1.00. The van der Waals surface area contributed by atoms with Gasteiger partial charge in [-0.2, -0.15) is 0 Å². The molecule has 0 aromatic rings. The Bertz CT molecular complexity index is 738. The molecule has 4 saturated heterocycles. The maximum Gasteiger partial charge on any atom is 0.223 e. The number of amides is 1. The first-order valence-corrected chi connectivity index (χ1v) is 14.2. The molecule has 0 bridgehead atoms. The molecule has 8 unspecified atom stereocenters. The van der Waals surface area contributed by atoms with E-state index in [2.05, 4.69) is 49.0 Å². The highest BCUT2D eigenvalue weighted by Crippen LogP contribution is 2.36. The van der Waals surface area contributed by atoms with Crippen LogP contribution in [0.15, 0.2) is 0 Å². The number of hydrogen-bond donors (Lipinski definition) is 6. The Morgan fingerprint density at radius 2 is 2.03 bits per heavy atom. The van der Waals surface area contributed by atoms with Crippen molar-refractivity contribution in [2.75, 3.05) is 52.9 Å². The predicted molar refractivity (Wildman–Crippen MR) is 134 cm³/mol. The molecule has 0 aromatic heterocycles. The van der Waals surface area contributed by atoms with Crippen LogP contribution in [0.1, 0.15) is 44.9 Å². The Kier molecular flexibility index (Phi) is 7.60. The number of carbonyl (C=O) groups excluding carboxylic acids is 1. The van der Waals surface area contributed by atoms with E-state index in [-0.39, 0.29) is 30.2 Å². The maximum absolute atomic E-state index is 13.3. The Labute approximate surface area is 210 Å². The molecule has 4 heterocycles. The van der Waals surface area contributed by atoms with Gasteiger partial charge in [0, 0.05) is 50.6 Å². The van der Waals surface area contributed by atoms with Crippen molar-refractivity contribution < 1.29 is 9.53 Å². The van der Waals surface area contributed by atoms with Gasteiger partial charge in [-0.3, -0.25) is 19.9 Å². The van der Waals surface area contributed by atoms with Crippen LogP contribution in [0.2, 0.25) is 0 Å². The zero-order valence-corrected chi connectivity index (χ0v) is 21.3. The van der Waals surface area contributed by atoms with Gasteiger partial charge in [-0.15, -0.1) is 0 Å². The minimum Gasteiger partial charge on any atom is -0.375 e. The van der Waals surface area contributed by atoms with Gasteiger partial charge < -0.3 is 20.7 Å². The van der Waals surface area contributed by atoms with E-state index < -0.39 is 0 Å². The molecule has 8 atom stereocenters. The summed E-state index contributed by atoms with van der Waals surface area (Å²) < 4.78 is 6.18. The number of ether oxygens (including phenoxy) is 1. The molecular weight excluding hydrogens is 444 g/mol. The molecule has 0 spiro atoms. The minimum absolute atomic E-state index is 0.124. The molecular formula is C25H46N8O2. The quantitative estimate of drug-likeness (QED) is 0.267. The van der Waals surface area contributed by atoms with Crippen LogP contribution in [0, 0.1) is 17.8 Å². The Morgan fingerprint density at radius 3 is 2.86 bits per heavy atom. The van der Waals surface area contributed by atoms with Crippen LogP contribution in [0.3, 0.4) is 0 Å². The van der Waals surface area contributed by atoms with Crippen molar-refractivity contribution in [1.82, 2.24) is 41.9 Å². The second-order valence-electron chi connectivity index (χ2n) is 11.8. The van der Waals surface area contributed by atoms with Crippen molar-refractivity contribution in [3.63, 3.8) is 0 Å². The molecule has 0 aromatic carbocycles. The number of fused-ring (bicyclic) bond motifs is 3. The van der Waals surface area contributed by atoms with Gasteiger partial charge in [-0.1, -0.05) is 6.42 Å². The molecule has 6 aliphatic rings. The molecule has 10 nitrogen and oxygen atoms in total. The molecule has 198 valence electrons. The summed E-state index contributed by atoms with van der Waals surface area (Å²) in [6.45, 7) is 6.73. The molecule has 6 fully saturated rings. The van der Waals surface area contributed by atoms with Crippen LogP contribution in [0.4, 0.5) is 0 Å². The van der Waals surface area contributed by atoms with E-state index in [0.29, 0.717) is 30.1 Å². The molecule has 4 aliphatic heterocycles. The molecule has 1 amide bonds. The highest BCUT2D eigenvalue weighted by molar-refractivity contribution is 5.79. The van der Waals surface area contributed by atoms with Crippen molar-refractivity contribution in [1.29, 1.82) is 0 Å². The van der Waals surface area contributed by atoms with E-state index >= 15 is 0 Å². The van der Waals surface area contributed by atoms with E-state index in [4.69, 9.17) is 4.74 Å². The monoisotopic (exact) mass is 490 g/mol. The van der Waals surface area contributed by atoms with Crippen molar-refractivity contribution in [3.8, 4) is 0 Å². The van der Waals surface area contributed by atoms with Crippen molar-refractivity contribution in [2.24, 2.45) is 17.8 Å². The summed E-state index contributed by atoms with van der Waals surface area (Å²) in [7, 11) is 2.17. The molecule has 10 heteroatoms. The molecule has 2 aliphatic carbocycles. The zero-order valence-electron chi connectivity index (χ0n) is 21.3. The first-order chi connectivity index (χ1) is 17.2. The first kappa shape index (κ1) is 24.5. The highest BCUT2D eigenvalue weighted by atomic mass is 16.5. The summed E-state index contributed by atoms with van der Waals surface area (Å²) in [6.07, 6.45) is 9.06. The zero-order chi connectivity index (χ0) is 23.8. The van der Waals surface area contributed by atoms with Gasteiger partial charge in [0.05, 0.1) is 37.3 Å². The number of hydrazine groups is 1. The molecule has 6 N–H and O–H groups in total. The molecule has 0 radical (unpaired) electrons. The number of likely N-dealkylation sites (N-methyl/N-ethyl adjacent to an activating group) is 1. The van der Waals surface area contributed by atoms with Gasteiger partial charge in [-0.25, -0.2) is 10.9 Å². The van der Waals surface area contributed by atoms with Gasteiger partial charge >= 0.3 is 0 Å². The smallest absolute Gasteiger partial charge is 0.223 e. The lowest BCUT2D eigenvalue weighted by atomic mass is 9.84. The lowest BCUT2D eigenvalue weighted by Crippen LogP contribution is -2.56. The van der Waals surface area contributed by atoms with Crippen LogP contribution in [-0.2, 0) is 9.53 Å². The van der Waals surface area contributed by atoms with E-state index in [1.54, 1.807) is 0 Å². The lowest BCUT2D eigenvalue weighted by Gasteiger charge is -2.36. The van der Waals surface area contributed by atoms with E-state index in [9.17, 15) is 4.79 Å². The van der Waals surface area contributed by atoms with Gasteiger partial charge in [0.15, 0.2) is 0 Å². The normalized spacial score (nSPS) is 41.7. The summed E-state index contributed by atoms with van der Waals surface area (Å²) in [5.74, 6) is 1.56. The second kappa shape index (κ2) is 10.9. The third kappa shape index (κ3) is 5.40. The lowest BCUT2D eigenvalue weighted by molar-refractivity contribution is -0.127. The van der Waals surface area contributed by atoms with Gasteiger partial charge in [0.1, 0.15) is 0 Å². The fraction of sp³-hybridized carbons (Fsp3) is 0.960. The average molecular weight is 491 g/mol. The topological polar surface area (TPSA) is 105 Å². The van der Waals surface area contributed by atoms with Crippen LogP contribution < -0.4 is 32.1 Å². The standard InChI is InChI=1S/C25H46N8O2/c1-32-10-9-27-24(32)22(16-5-6-16)29-25(34)17-3-2-4-18(13-17)28-15-21-30-31-23-19-7-8-26-14-20(19)35-12-11-33(21)23/h16-24,26-28,30-31H,2-15H2,1H3,(H,29,34). The summed E-state index contributed by atoms with van der Waals surface area (Å²) in [6, 6.07) is 0.653. The van der Waals surface area contributed by atoms with Crippen LogP contribution in [0.5, 0.6) is 0 Å². The van der Waals surface area contributed by atoms with Gasteiger partial charge in [-0.05, 0) is 58.0 Å². The number of piperidine rings is 1. The number of carbonyl (C=O) groups is 1. The summed E-state index contributed by atoms with van der Waals surface area (Å²) in [4.78, 5) is 18.3. The summed E-state index contributed by atoms with van der Waals surface area (Å²) in [5.41, 5.74) is 7.15. The fourth-order valence-electron chi connectivity index (χ4n) is 7.23. The number of rotatable bonds is 7. The van der Waals surface area contributed by atoms with E-state index in [1.165, 1.54) is 12.8 Å². The average Bonchev–Trinajstić information content (AvgIpc) is 3.56. The van der Waals surface area contributed by atoms with Gasteiger partial charge in [0.25, 0.3) is 0 Å². The molecule has 35 heavy (non-hydrogen) atoms. The second-order valence-corrected chi connectivity index (χ2v) is 11.8. The van der Waals surface area contributed by atoms with E-state index in [0.717, 1.165) is 78.0 Å².